The number of aryl methyl sites for hydroxylation is 1. The minimum absolute atomic E-state index is 0.0761. The van der Waals surface area contributed by atoms with Gasteiger partial charge in [-0.3, -0.25) is 15.5 Å². The average molecular weight is 481 g/mol. The van der Waals surface area contributed by atoms with E-state index < -0.39 is 0 Å². The molecule has 0 aromatic heterocycles. The predicted molar refractivity (Wildman–Crippen MR) is 138 cm³/mol. The minimum atomic E-state index is -0.331. The molecule has 3 aromatic rings. The van der Waals surface area contributed by atoms with E-state index in [1.54, 1.807) is 6.07 Å². The molecule has 0 heterocycles. The van der Waals surface area contributed by atoms with Crippen LogP contribution in [0.3, 0.4) is 0 Å². The van der Waals surface area contributed by atoms with Gasteiger partial charge >= 0.3 is 0 Å². The van der Waals surface area contributed by atoms with E-state index >= 15 is 0 Å². The maximum Gasteiger partial charge on any atom is 0.219 e. The summed E-state index contributed by atoms with van der Waals surface area (Å²) in [5.74, 6) is 0.817. The number of nitrogens with zero attached hydrogens (tertiary/aromatic N) is 1. The van der Waals surface area contributed by atoms with Crippen molar-refractivity contribution in [2.75, 3.05) is 19.7 Å². The Morgan fingerprint density at radius 3 is 2.38 bits per heavy atom. The molecule has 0 aliphatic rings. The van der Waals surface area contributed by atoms with Crippen LogP contribution in [0.4, 0.5) is 11.4 Å². The molecule has 0 radical (unpaired) electrons. The van der Waals surface area contributed by atoms with Crippen LogP contribution in [0.25, 0.3) is 10.8 Å². The van der Waals surface area contributed by atoms with E-state index in [4.69, 9.17) is 9.47 Å². The molecule has 0 saturated carbocycles. The smallest absolute Gasteiger partial charge is 0.219 e. The number of allylic oxidation sites excluding steroid dienone is 2. The van der Waals surface area contributed by atoms with E-state index in [2.05, 4.69) is 16.7 Å². The number of rotatable bonds is 9. The monoisotopic (exact) mass is 480 g/mol. The van der Waals surface area contributed by atoms with Crippen LogP contribution in [0.15, 0.2) is 59.3 Å². The van der Waals surface area contributed by atoms with Crippen LogP contribution in [0, 0.1) is 11.8 Å². The topological polar surface area (TPSA) is 97.2 Å². The fraction of sp³-hybridized carbons (Fsp3) is 0.269. The maximum atomic E-state index is 13.2. The average Bonchev–Trinajstić information content (AvgIpc) is 2.84. The number of fused-ring (bicyclic) bond motifs is 1. The molecular formula is C26H28N2O5S. The summed E-state index contributed by atoms with van der Waals surface area (Å²) < 4.78 is 11.4. The fourth-order valence-electron chi connectivity index (χ4n) is 3.76. The summed E-state index contributed by atoms with van der Waals surface area (Å²) in [7, 11) is 3.01. The number of carbonyl (C=O) groups is 1. The third kappa shape index (κ3) is 5.24. The molecule has 1 unspecified atom stereocenters. The predicted octanol–water partition coefficient (Wildman–Crippen LogP) is 7.34. The number of anilines is 1. The number of hydrogen-bond donors (Lipinski definition) is 2. The summed E-state index contributed by atoms with van der Waals surface area (Å²) in [6, 6.07) is 12.3. The Bertz CT molecular complexity index is 1230. The van der Waals surface area contributed by atoms with Crippen molar-refractivity contribution >= 4 is 39.0 Å². The van der Waals surface area contributed by atoms with Crippen LogP contribution in [0.2, 0.25) is 0 Å². The highest BCUT2D eigenvalue weighted by Crippen LogP contribution is 2.50. The molecule has 1 atom stereocenters. The molecule has 0 aliphatic heterocycles. The Kier molecular flexibility index (Phi) is 8.31. The van der Waals surface area contributed by atoms with E-state index in [0.717, 1.165) is 11.1 Å². The van der Waals surface area contributed by atoms with Crippen molar-refractivity contribution in [3.63, 3.8) is 0 Å². The third-order valence-electron chi connectivity index (χ3n) is 5.47. The van der Waals surface area contributed by atoms with Gasteiger partial charge in [0.25, 0.3) is 0 Å². The van der Waals surface area contributed by atoms with Crippen molar-refractivity contribution in [3.05, 3.63) is 75.7 Å². The number of nitroso groups, excluding NO2 is 1. The van der Waals surface area contributed by atoms with Gasteiger partial charge in [0.05, 0.1) is 30.7 Å². The summed E-state index contributed by atoms with van der Waals surface area (Å²) in [5, 5.41) is 13.3. The molecule has 3 rings (SSSR count). The van der Waals surface area contributed by atoms with E-state index in [9.17, 15) is 14.9 Å². The van der Waals surface area contributed by atoms with Gasteiger partial charge in [0.2, 0.25) is 5.12 Å². The Morgan fingerprint density at radius 1 is 1.12 bits per heavy atom. The second kappa shape index (κ2) is 11.2. The normalized spacial score (nSPS) is 11.6. The van der Waals surface area contributed by atoms with Crippen molar-refractivity contribution in [1.82, 2.24) is 0 Å². The molecule has 0 bridgehead atoms. The first-order chi connectivity index (χ1) is 16.3. The highest BCUT2D eigenvalue weighted by atomic mass is 32.2. The number of benzene rings is 3. The number of carbonyl (C=O) groups excluding carboxylic acids is 1. The zero-order chi connectivity index (χ0) is 24.8. The standard InChI is InChI=1S/C26H28N2O5S/c1-15(2)6-13-22(34-26(29)17-9-7-16(3)8-10-17)18-14-21(32-4)23-19(27-30)11-12-20(28-31)24(23)25(18)33-5/h6-12,14,22,27,30H,13H2,1-5H3. The highest BCUT2D eigenvalue weighted by Gasteiger charge is 2.27. The van der Waals surface area contributed by atoms with Crippen LogP contribution in [0.1, 0.15) is 47.0 Å². The third-order valence-corrected chi connectivity index (χ3v) is 6.65. The maximum absolute atomic E-state index is 13.2. The number of nitrogens with one attached hydrogen (secondary N) is 1. The molecular weight excluding hydrogens is 452 g/mol. The molecule has 8 heteroatoms. The first kappa shape index (κ1) is 25.3. The Morgan fingerprint density at radius 2 is 1.82 bits per heavy atom. The fourth-order valence-corrected chi connectivity index (χ4v) is 4.78. The zero-order valence-corrected chi connectivity index (χ0v) is 20.7. The van der Waals surface area contributed by atoms with Crippen molar-refractivity contribution in [2.45, 2.75) is 32.4 Å². The molecule has 2 N–H and O–H groups in total. The van der Waals surface area contributed by atoms with Gasteiger partial charge in [0, 0.05) is 16.4 Å². The van der Waals surface area contributed by atoms with Crippen LogP contribution < -0.4 is 15.0 Å². The highest BCUT2D eigenvalue weighted by molar-refractivity contribution is 8.14. The van der Waals surface area contributed by atoms with Gasteiger partial charge in [-0.1, -0.05) is 53.2 Å². The molecule has 0 fully saturated rings. The van der Waals surface area contributed by atoms with Gasteiger partial charge in [-0.15, -0.1) is 4.91 Å². The van der Waals surface area contributed by atoms with Crippen molar-refractivity contribution in [1.29, 1.82) is 0 Å². The van der Waals surface area contributed by atoms with Gasteiger partial charge in [0.15, 0.2) is 0 Å². The zero-order valence-electron chi connectivity index (χ0n) is 19.8. The van der Waals surface area contributed by atoms with Gasteiger partial charge < -0.3 is 9.47 Å². The van der Waals surface area contributed by atoms with E-state index in [1.807, 2.05) is 45.0 Å². The summed E-state index contributed by atoms with van der Waals surface area (Å²) in [6.45, 7) is 5.96. The molecule has 7 nitrogen and oxygen atoms in total. The number of ether oxygens (including phenoxy) is 2. The van der Waals surface area contributed by atoms with Gasteiger partial charge in [0.1, 0.15) is 17.2 Å². The molecule has 0 aliphatic carbocycles. The molecule has 0 saturated heterocycles. The van der Waals surface area contributed by atoms with Crippen LogP contribution in [-0.4, -0.2) is 24.5 Å². The quantitative estimate of drug-likeness (QED) is 0.188. The van der Waals surface area contributed by atoms with Crippen molar-refractivity contribution in [3.8, 4) is 11.5 Å². The summed E-state index contributed by atoms with van der Waals surface area (Å²) in [4.78, 5) is 24.9. The Balaban J connectivity index is 2.24. The number of methoxy groups -OCH3 is 2. The lowest BCUT2D eigenvalue weighted by molar-refractivity contribution is 0.108. The second-order valence-electron chi connectivity index (χ2n) is 8.06. The van der Waals surface area contributed by atoms with E-state index in [1.165, 1.54) is 38.1 Å². The van der Waals surface area contributed by atoms with E-state index in [0.29, 0.717) is 45.5 Å². The van der Waals surface area contributed by atoms with Gasteiger partial charge in [-0.05, 0) is 50.6 Å². The van der Waals surface area contributed by atoms with Crippen LogP contribution in [0.5, 0.6) is 11.5 Å². The molecule has 0 amide bonds. The van der Waals surface area contributed by atoms with Crippen LogP contribution in [-0.2, 0) is 0 Å². The lowest BCUT2D eigenvalue weighted by Crippen LogP contribution is -2.05. The second-order valence-corrected chi connectivity index (χ2v) is 9.24. The lowest BCUT2D eigenvalue weighted by atomic mass is 9.97. The Labute approximate surface area is 203 Å². The first-order valence-electron chi connectivity index (χ1n) is 10.7. The SMILES string of the molecule is COc1cc(C(CC=C(C)C)SC(=O)c2ccc(C)cc2)c(OC)c2c(N=O)ccc(NO)c12. The molecule has 34 heavy (non-hydrogen) atoms. The molecule has 3 aromatic carbocycles. The minimum Gasteiger partial charge on any atom is -0.496 e. The van der Waals surface area contributed by atoms with Gasteiger partial charge in [-0.2, -0.15) is 0 Å². The summed E-state index contributed by atoms with van der Waals surface area (Å²) in [5.41, 5.74) is 6.11. The lowest BCUT2D eigenvalue weighted by Gasteiger charge is -2.22. The summed E-state index contributed by atoms with van der Waals surface area (Å²) in [6.07, 6.45) is 2.61. The van der Waals surface area contributed by atoms with Crippen LogP contribution >= 0.6 is 11.8 Å². The first-order valence-corrected chi connectivity index (χ1v) is 11.6. The number of hydrogen-bond acceptors (Lipinski definition) is 8. The number of thioether (sulfide) groups is 1. The largest absolute Gasteiger partial charge is 0.496 e. The van der Waals surface area contributed by atoms with Crippen molar-refractivity contribution in [2.24, 2.45) is 5.18 Å². The van der Waals surface area contributed by atoms with Gasteiger partial charge in [-0.25, -0.2) is 0 Å². The Hall–Kier alpha value is -3.36. The van der Waals surface area contributed by atoms with Crippen molar-refractivity contribution < 1.29 is 19.5 Å². The summed E-state index contributed by atoms with van der Waals surface area (Å²) >= 11 is 1.19. The molecule has 0 spiro atoms. The molecule has 178 valence electrons. The van der Waals surface area contributed by atoms with E-state index in [-0.39, 0.29) is 16.1 Å².